The van der Waals surface area contributed by atoms with Gasteiger partial charge in [-0.25, -0.2) is 0 Å². The average Bonchev–Trinajstić information content (AvgIpc) is 2.43. The van der Waals surface area contributed by atoms with Gasteiger partial charge >= 0.3 is 5.97 Å². The third kappa shape index (κ3) is 7.93. The monoisotopic (exact) mass is 315 g/mol. The van der Waals surface area contributed by atoms with Crippen LogP contribution in [0.15, 0.2) is 24.3 Å². The summed E-state index contributed by atoms with van der Waals surface area (Å²) >= 11 is 0. The van der Waals surface area contributed by atoms with Gasteiger partial charge in [0, 0.05) is 6.92 Å². The molecular weight excluding hydrogens is 290 g/mol. The zero-order chi connectivity index (χ0) is 15.0. The Balaban J connectivity index is 0.00000400. The molecule has 0 radical (unpaired) electrons. The lowest BCUT2D eigenvalue weighted by Crippen LogP contribution is -2.18. The summed E-state index contributed by atoms with van der Waals surface area (Å²) < 4.78 is 10.6. The molecule has 1 unspecified atom stereocenters. The molecule has 1 aromatic carbocycles. The molecule has 5 heteroatoms. The molecule has 0 saturated carbocycles. The van der Waals surface area contributed by atoms with Crippen molar-refractivity contribution in [3.8, 4) is 5.75 Å². The largest absolute Gasteiger partial charge is 0.493 e. The third-order valence-electron chi connectivity index (χ3n) is 3.09. The van der Waals surface area contributed by atoms with E-state index in [1.165, 1.54) is 19.8 Å². The van der Waals surface area contributed by atoms with Crippen molar-refractivity contribution in [3.63, 3.8) is 0 Å². The highest BCUT2D eigenvalue weighted by Gasteiger charge is 2.08. The van der Waals surface area contributed by atoms with Gasteiger partial charge < -0.3 is 15.2 Å². The van der Waals surface area contributed by atoms with Crippen LogP contribution in [0.1, 0.15) is 45.2 Å². The molecule has 0 bridgehead atoms. The van der Waals surface area contributed by atoms with E-state index >= 15 is 0 Å². The molecule has 0 aliphatic rings. The second-order valence-electron chi connectivity index (χ2n) is 5.18. The average molecular weight is 316 g/mol. The Morgan fingerprint density at radius 2 is 1.86 bits per heavy atom. The van der Waals surface area contributed by atoms with Crippen molar-refractivity contribution >= 4 is 18.4 Å². The Morgan fingerprint density at radius 1 is 1.24 bits per heavy atom. The van der Waals surface area contributed by atoms with Crippen molar-refractivity contribution in [1.82, 2.24) is 0 Å². The maximum atomic E-state index is 10.7. The van der Waals surface area contributed by atoms with E-state index in [9.17, 15) is 4.79 Å². The van der Waals surface area contributed by atoms with Crippen LogP contribution in [0.4, 0.5) is 0 Å². The van der Waals surface area contributed by atoms with Gasteiger partial charge in [-0.2, -0.15) is 0 Å². The number of hydrogen-bond donors (Lipinski definition) is 1. The van der Waals surface area contributed by atoms with E-state index in [4.69, 9.17) is 15.2 Å². The van der Waals surface area contributed by atoms with E-state index in [0.717, 1.165) is 17.9 Å². The minimum Gasteiger partial charge on any atom is -0.493 e. The molecule has 120 valence electrons. The lowest BCUT2D eigenvalue weighted by atomic mass is 10.1. The van der Waals surface area contributed by atoms with Gasteiger partial charge in [-0.15, -0.1) is 12.4 Å². The van der Waals surface area contributed by atoms with Crippen LogP contribution < -0.4 is 10.5 Å². The summed E-state index contributed by atoms with van der Waals surface area (Å²) in [5, 5.41) is 0. The van der Waals surface area contributed by atoms with Crippen LogP contribution in [0.25, 0.3) is 0 Å². The highest BCUT2D eigenvalue weighted by molar-refractivity contribution is 5.85. The molecule has 0 spiro atoms. The first kappa shape index (κ1) is 19.7. The van der Waals surface area contributed by atoms with Gasteiger partial charge in [0.05, 0.1) is 12.6 Å². The summed E-state index contributed by atoms with van der Waals surface area (Å²) in [7, 11) is 0. The summed E-state index contributed by atoms with van der Waals surface area (Å²) in [5.41, 5.74) is 6.87. The van der Waals surface area contributed by atoms with Gasteiger partial charge in [0.25, 0.3) is 0 Å². The SMILES string of the molecule is CCCC(C)COc1ccc([C@@H](N)COC(C)=O)cc1.Cl. The summed E-state index contributed by atoms with van der Waals surface area (Å²) in [6.45, 7) is 6.67. The Kier molecular flexibility index (Phi) is 9.84. The lowest BCUT2D eigenvalue weighted by Gasteiger charge is -2.14. The minimum atomic E-state index is -0.315. The van der Waals surface area contributed by atoms with Crippen LogP contribution in [0.2, 0.25) is 0 Å². The van der Waals surface area contributed by atoms with Crippen molar-refractivity contribution in [2.45, 2.75) is 39.7 Å². The number of ether oxygens (including phenoxy) is 2. The summed E-state index contributed by atoms with van der Waals surface area (Å²) in [5.74, 6) is 1.09. The normalized spacial score (nSPS) is 13.0. The highest BCUT2D eigenvalue weighted by atomic mass is 35.5. The molecule has 4 nitrogen and oxygen atoms in total. The summed E-state index contributed by atoms with van der Waals surface area (Å²) in [4.78, 5) is 10.7. The fraction of sp³-hybridized carbons (Fsp3) is 0.562. The van der Waals surface area contributed by atoms with Crippen molar-refractivity contribution < 1.29 is 14.3 Å². The Hall–Kier alpha value is -1.26. The second-order valence-corrected chi connectivity index (χ2v) is 5.18. The molecule has 0 aliphatic heterocycles. The first-order valence-electron chi connectivity index (χ1n) is 7.14. The van der Waals surface area contributed by atoms with E-state index < -0.39 is 0 Å². The van der Waals surface area contributed by atoms with Gasteiger partial charge in [-0.3, -0.25) is 4.79 Å². The number of nitrogens with two attached hydrogens (primary N) is 1. The number of benzene rings is 1. The number of esters is 1. The Morgan fingerprint density at radius 3 is 2.38 bits per heavy atom. The molecule has 2 atom stereocenters. The van der Waals surface area contributed by atoms with Crippen molar-refractivity contribution in [3.05, 3.63) is 29.8 Å². The molecule has 0 aromatic heterocycles. The van der Waals surface area contributed by atoms with Gasteiger partial charge in [-0.1, -0.05) is 32.4 Å². The summed E-state index contributed by atoms with van der Waals surface area (Å²) in [6, 6.07) is 7.33. The Bertz CT molecular complexity index is 408. The first-order chi connectivity index (χ1) is 9.52. The quantitative estimate of drug-likeness (QED) is 0.746. The molecule has 0 heterocycles. The predicted molar refractivity (Wildman–Crippen MR) is 86.8 cm³/mol. The fourth-order valence-corrected chi connectivity index (χ4v) is 1.93. The molecule has 0 fully saturated rings. The third-order valence-corrected chi connectivity index (χ3v) is 3.09. The minimum absolute atomic E-state index is 0. The maximum absolute atomic E-state index is 10.7. The zero-order valence-corrected chi connectivity index (χ0v) is 13.8. The van der Waals surface area contributed by atoms with Crippen LogP contribution in [0, 0.1) is 5.92 Å². The molecule has 0 saturated heterocycles. The second kappa shape index (κ2) is 10.5. The molecule has 2 N–H and O–H groups in total. The molecule has 0 aliphatic carbocycles. The van der Waals surface area contributed by atoms with E-state index in [0.29, 0.717) is 5.92 Å². The van der Waals surface area contributed by atoms with Crippen LogP contribution in [0.5, 0.6) is 5.75 Å². The molecule has 1 aromatic rings. The van der Waals surface area contributed by atoms with Crippen molar-refractivity contribution in [2.24, 2.45) is 11.7 Å². The molecular formula is C16H26ClNO3. The standard InChI is InChI=1S/C16H25NO3.ClH/c1-4-5-12(2)10-20-15-8-6-14(7-9-15)16(17)11-19-13(3)18;/h6-9,12,16H,4-5,10-11,17H2,1-3H3;1H/t12?,16-;/m0./s1. The van der Waals surface area contributed by atoms with E-state index in [1.807, 2.05) is 24.3 Å². The van der Waals surface area contributed by atoms with Crippen LogP contribution >= 0.6 is 12.4 Å². The van der Waals surface area contributed by atoms with Crippen LogP contribution in [-0.2, 0) is 9.53 Å². The number of hydrogen-bond acceptors (Lipinski definition) is 4. The zero-order valence-electron chi connectivity index (χ0n) is 13.0. The molecule has 21 heavy (non-hydrogen) atoms. The first-order valence-corrected chi connectivity index (χ1v) is 7.14. The van der Waals surface area contributed by atoms with Crippen molar-refractivity contribution in [1.29, 1.82) is 0 Å². The van der Waals surface area contributed by atoms with Gasteiger partial charge in [-0.05, 0) is 30.0 Å². The molecule has 0 amide bonds. The smallest absolute Gasteiger partial charge is 0.302 e. The fourth-order valence-electron chi connectivity index (χ4n) is 1.93. The van der Waals surface area contributed by atoms with Crippen molar-refractivity contribution in [2.75, 3.05) is 13.2 Å². The van der Waals surface area contributed by atoms with E-state index in [2.05, 4.69) is 13.8 Å². The van der Waals surface area contributed by atoms with Gasteiger partial charge in [0.2, 0.25) is 0 Å². The summed E-state index contributed by atoms with van der Waals surface area (Å²) in [6.07, 6.45) is 2.35. The Labute approximate surface area is 133 Å². The number of halogens is 1. The van der Waals surface area contributed by atoms with Crippen LogP contribution in [-0.4, -0.2) is 19.2 Å². The van der Waals surface area contributed by atoms with Gasteiger partial charge in [0.15, 0.2) is 0 Å². The number of carbonyl (C=O) groups is 1. The van der Waals surface area contributed by atoms with E-state index in [1.54, 1.807) is 0 Å². The highest BCUT2D eigenvalue weighted by Crippen LogP contribution is 2.18. The van der Waals surface area contributed by atoms with Gasteiger partial charge in [0.1, 0.15) is 12.4 Å². The topological polar surface area (TPSA) is 61.6 Å². The number of rotatable bonds is 8. The molecule has 1 rings (SSSR count). The van der Waals surface area contributed by atoms with Crippen LogP contribution in [0.3, 0.4) is 0 Å². The number of carbonyl (C=O) groups excluding carboxylic acids is 1. The maximum Gasteiger partial charge on any atom is 0.302 e. The lowest BCUT2D eigenvalue weighted by molar-refractivity contribution is -0.141. The predicted octanol–water partition coefficient (Wildman–Crippen LogP) is 3.49. The van der Waals surface area contributed by atoms with E-state index in [-0.39, 0.29) is 31.0 Å².